The molecule has 5 heteroatoms. The van der Waals surface area contributed by atoms with Gasteiger partial charge in [0.1, 0.15) is 5.54 Å². The van der Waals surface area contributed by atoms with Crippen LogP contribution in [-0.2, 0) is 9.59 Å². The number of nitrogens with zero attached hydrogens (tertiary/aromatic N) is 1. The zero-order chi connectivity index (χ0) is 12.5. The molecule has 0 aromatic carbocycles. The molecule has 0 bridgehead atoms. The molecule has 1 unspecified atom stereocenters. The summed E-state index contributed by atoms with van der Waals surface area (Å²) < 4.78 is 0. The molecule has 4 nitrogen and oxygen atoms in total. The van der Waals surface area contributed by atoms with Gasteiger partial charge in [-0.15, -0.1) is 0 Å². The molecule has 1 heterocycles. The largest absolute Gasteiger partial charge is 0.340 e. The van der Waals surface area contributed by atoms with Crippen molar-refractivity contribution in [2.75, 3.05) is 25.1 Å². The quantitative estimate of drug-likeness (QED) is 0.743. The van der Waals surface area contributed by atoms with Crippen LogP contribution in [-0.4, -0.2) is 47.4 Å². The van der Waals surface area contributed by atoms with Gasteiger partial charge < -0.3 is 10.2 Å². The summed E-state index contributed by atoms with van der Waals surface area (Å²) >= 11 is 1.77. The molecule has 1 atom stereocenters. The van der Waals surface area contributed by atoms with Gasteiger partial charge in [0.05, 0.1) is 6.54 Å². The summed E-state index contributed by atoms with van der Waals surface area (Å²) in [6.07, 6.45) is 5.13. The molecule has 1 saturated heterocycles. The number of carbonyl (C=O) groups is 2. The van der Waals surface area contributed by atoms with Crippen LogP contribution in [0.25, 0.3) is 0 Å². The predicted molar refractivity (Wildman–Crippen MR) is 68.9 cm³/mol. The molecule has 96 valence electrons. The number of amides is 2. The number of nitrogens with one attached hydrogen (secondary N) is 1. The Bertz CT molecular complexity index is 330. The Morgan fingerprint density at radius 1 is 1.47 bits per heavy atom. The first-order chi connectivity index (χ1) is 8.08. The standard InChI is InChI=1S/C12H20N2O2S/c1-12(9-4-5-9)11(16)14(6-3-7-17-2)8-10(15)13-12/h9H,3-8H2,1-2H3,(H,13,15). The number of piperazine rings is 1. The zero-order valence-electron chi connectivity index (χ0n) is 10.5. The van der Waals surface area contributed by atoms with Crippen LogP contribution in [0.15, 0.2) is 0 Å². The Morgan fingerprint density at radius 2 is 2.18 bits per heavy atom. The van der Waals surface area contributed by atoms with Gasteiger partial charge >= 0.3 is 0 Å². The second-order valence-corrected chi connectivity index (χ2v) is 6.08. The van der Waals surface area contributed by atoms with Gasteiger partial charge in [0, 0.05) is 6.54 Å². The minimum Gasteiger partial charge on any atom is -0.340 e. The molecule has 2 amide bonds. The van der Waals surface area contributed by atoms with Gasteiger partial charge in [-0.3, -0.25) is 9.59 Å². The van der Waals surface area contributed by atoms with E-state index in [1.807, 2.05) is 6.92 Å². The first-order valence-corrected chi connectivity index (χ1v) is 7.56. The molecular formula is C12H20N2O2S. The van der Waals surface area contributed by atoms with E-state index in [1.165, 1.54) is 0 Å². The average molecular weight is 256 g/mol. The third-order valence-electron chi connectivity index (χ3n) is 3.64. The Balaban J connectivity index is 2.01. The van der Waals surface area contributed by atoms with Crippen molar-refractivity contribution in [3.05, 3.63) is 0 Å². The Hall–Kier alpha value is -0.710. The van der Waals surface area contributed by atoms with Gasteiger partial charge in [-0.25, -0.2) is 0 Å². The highest BCUT2D eigenvalue weighted by molar-refractivity contribution is 7.98. The number of thioether (sulfide) groups is 1. The van der Waals surface area contributed by atoms with Crippen LogP contribution in [0.4, 0.5) is 0 Å². The van der Waals surface area contributed by atoms with E-state index in [9.17, 15) is 9.59 Å². The number of hydrogen-bond acceptors (Lipinski definition) is 3. The van der Waals surface area contributed by atoms with Gasteiger partial charge in [0.15, 0.2) is 0 Å². The van der Waals surface area contributed by atoms with Crippen molar-refractivity contribution < 1.29 is 9.59 Å². The van der Waals surface area contributed by atoms with Crippen LogP contribution in [0.2, 0.25) is 0 Å². The molecule has 0 spiro atoms. The summed E-state index contributed by atoms with van der Waals surface area (Å²) in [5, 5.41) is 2.89. The van der Waals surface area contributed by atoms with Crippen LogP contribution in [0.1, 0.15) is 26.2 Å². The number of carbonyl (C=O) groups excluding carboxylic acids is 2. The highest BCUT2D eigenvalue weighted by atomic mass is 32.2. The molecule has 0 aromatic heterocycles. The average Bonchev–Trinajstić information content (AvgIpc) is 3.09. The summed E-state index contributed by atoms with van der Waals surface area (Å²) in [6, 6.07) is 0. The van der Waals surface area contributed by atoms with Crippen LogP contribution in [0.3, 0.4) is 0 Å². The third kappa shape index (κ3) is 2.59. The second kappa shape index (κ2) is 4.88. The van der Waals surface area contributed by atoms with Crippen molar-refractivity contribution >= 4 is 23.6 Å². The lowest BCUT2D eigenvalue weighted by Gasteiger charge is -2.40. The predicted octanol–water partition coefficient (Wildman–Crippen LogP) is 0.867. The lowest BCUT2D eigenvalue weighted by atomic mass is 9.91. The molecule has 0 radical (unpaired) electrons. The Kier molecular flexibility index (Phi) is 3.66. The summed E-state index contributed by atoms with van der Waals surface area (Å²) in [5.74, 6) is 1.48. The molecule has 1 saturated carbocycles. The van der Waals surface area contributed by atoms with E-state index in [1.54, 1.807) is 16.7 Å². The maximum absolute atomic E-state index is 12.4. The molecule has 2 aliphatic rings. The number of hydrogen-bond donors (Lipinski definition) is 1. The molecule has 2 fully saturated rings. The third-order valence-corrected chi connectivity index (χ3v) is 4.33. The van der Waals surface area contributed by atoms with Gasteiger partial charge in [-0.05, 0) is 44.1 Å². The highest BCUT2D eigenvalue weighted by Crippen LogP contribution is 2.41. The molecular weight excluding hydrogens is 236 g/mol. The summed E-state index contributed by atoms with van der Waals surface area (Å²) in [7, 11) is 0. The van der Waals surface area contributed by atoms with Crippen molar-refractivity contribution in [3.63, 3.8) is 0 Å². The van der Waals surface area contributed by atoms with Crippen LogP contribution >= 0.6 is 11.8 Å². The van der Waals surface area contributed by atoms with Crippen LogP contribution in [0, 0.1) is 5.92 Å². The minimum absolute atomic E-state index is 0.0110. The normalized spacial score (nSPS) is 29.4. The maximum Gasteiger partial charge on any atom is 0.248 e. The van der Waals surface area contributed by atoms with Crippen LogP contribution < -0.4 is 5.32 Å². The monoisotopic (exact) mass is 256 g/mol. The summed E-state index contributed by atoms with van der Waals surface area (Å²) in [5.41, 5.74) is -0.630. The molecule has 1 aliphatic carbocycles. The molecule has 0 aromatic rings. The maximum atomic E-state index is 12.4. The van der Waals surface area contributed by atoms with E-state index in [-0.39, 0.29) is 18.4 Å². The fraction of sp³-hybridized carbons (Fsp3) is 0.833. The molecule has 1 N–H and O–H groups in total. The lowest BCUT2D eigenvalue weighted by Crippen LogP contribution is -2.66. The minimum atomic E-state index is -0.630. The Labute approximate surface area is 106 Å². The van der Waals surface area contributed by atoms with Gasteiger partial charge in [0.2, 0.25) is 11.8 Å². The molecule has 1 aliphatic heterocycles. The van der Waals surface area contributed by atoms with E-state index in [4.69, 9.17) is 0 Å². The van der Waals surface area contributed by atoms with Crippen LogP contribution in [0.5, 0.6) is 0 Å². The summed E-state index contributed by atoms with van der Waals surface area (Å²) in [6.45, 7) is 2.82. The van der Waals surface area contributed by atoms with Crippen molar-refractivity contribution in [2.24, 2.45) is 5.92 Å². The first-order valence-electron chi connectivity index (χ1n) is 6.17. The van der Waals surface area contributed by atoms with Gasteiger partial charge in [-0.1, -0.05) is 0 Å². The van der Waals surface area contributed by atoms with Gasteiger partial charge in [-0.2, -0.15) is 11.8 Å². The fourth-order valence-corrected chi connectivity index (χ4v) is 2.89. The van der Waals surface area contributed by atoms with E-state index < -0.39 is 5.54 Å². The van der Waals surface area contributed by atoms with Crippen molar-refractivity contribution in [1.82, 2.24) is 10.2 Å². The SMILES string of the molecule is CSCCCN1CC(=O)NC(C)(C2CC2)C1=O. The molecule has 2 rings (SSSR count). The molecule has 17 heavy (non-hydrogen) atoms. The fourth-order valence-electron chi connectivity index (χ4n) is 2.47. The van der Waals surface area contributed by atoms with E-state index >= 15 is 0 Å². The number of rotatable bonds is 5. The Morgan fingerprint density at radius 3 is 2.76 bits per heavy atom. The topological polar surface area (TPSA) is 49.4 Å². The van der Waals surface area contributed by atoms with Crippen molar-refractivity contribution in [3.8, 4) is 0 Å². The van der Waals surface area contributed by atoms with Gasteiger partial charge in [0.25, 0.3) is 0 Å². The smallest absolute Gasteiger partial charge is 0.248 e. The van der Waals surface area contributed by atoms with Crippen molar-refractivity contribution in [2.45, 2.75) is 31.7 Å². The second-order valence-electron chi connectivity index (χ2n) is 5.10. The zero-order valence-corrected chi connectivity index (χ0v) is 11.3. The summed E-state index contributed by atoms with van der Waals surface area (Å²) in [4.78, 5) is 25.8. The van der Waals surface area contributed by atoms with E-state index in [2.05, 4.69) is 11.6 Å². The van der Waals surface area contributed by atoms with E-state index in [0.717, 1.165) is 25.0 Å². The highest BCUT2D eigenvalue weighted by Gasteiger charge is 2.52. The first kappa shape index (κ1) is 12.7. The lowest BCUT2D eigenvalue weighted by molar-refractivity contribution is -0.150. The van der Waals surface area contributed by atoms with Crippen molar-refractivity contribution in [1.29, 1.82) is 0 Å². The van der Waals surface area contributed by atoms with E-state index in [0.29, 0.717) is 12.5 Å².